The molecular weight excluding hydrogens is 294 g/mol. The number of hydrogen-bond donors (Lipinski definition) is 2. The lowest BCUT2D eigenvalue weighted by Crippen LogP contribution is -2.36. The van der Waals surface area contributed by atoms with Crippen LogP contribution in [0.3, 0.4) is 0 Å². The summed E-state index contributed by atoms with van der Waals surface area (Å²) in [4.78, 5) is 27.8. The van der Waals surface area contributed by atoms with Crippen LogP contribution in [0.15, 0.2) is 30.6 Å². The zero-order valence-corrected chi connectivity index (χ0v) is 11.7. The molecule has 108 valence electrons. The number of nitrogens with zero attached hydrogens (tertiary/aromatic N) is 3. The van der Waals surface area contributed by atoms with Gasteiger partial charge in [-0.2, -0.15) is 10.1 Å². The van der Waals surface area contributed by atoms with Gasteiger partial charge in [0.05, 0.1) is 23.2 Å². The Morgan fingerprint density at radius 1 is 1.48 bits per heavy atom. The SMILES string of the molecule is O=C(CC1Cn2ncnc2NC1=O)Nc1ccccc1Cl. The topological polar surface area (TPSA) is 88.9 Å². The van der Waals surface area contributed by atoms with Crippen LogP contribution < -0.4 is 10.6 Å². The summed E-state index contributed by atoms with van der Waals surface area (Å²) in [6, 6.07) is 6.94. The molecule has 21 heavy (non-hydrogen) atoms. The van der Waals surface area contributed by atoms with Crippen LogP contribution in [-0.4, -0.2) is 26.6 Å². The first-order chi connectivity index (χ1) is 10.1. The summed E-state index contributed by atoms with van der Waals surface area (Å²) in [5.41, 5.74) is 0.529. The fourth-order valence-electron chi connectivity index (χ4n) is 2.14. The average molecular weight is 306 g/mol. The Labute approximate surface area is 125 Å². The predicted octanol–water partition coefficient (Wildman–Crippen LogP) is 1.53. The van der Waals surface area contributed by atoms with Crippen molar-refractivity contribution in [2.24, 2.45) is 5.92 Å². The van der Waals surface area contributed by atoms with E-state index >= 15 is 0 Å². The van der Waals surface area contributed by atoms with Crippen molar-refractivity contribution in [1.29, 1.82) is 0 Å². The number of benzene rings is 1. The molecule has 0 bridgehead atoms. The summed E-state index contributed by atoms with van der Waals surface area (Å²) in [5, 5.41) is 9.76. The smallest absolute Gasteiger partial charge is 0.232 e. The Balaban J connectivity index is 1.66. The molecule has 3 rings (SSSR count). The number of anilines is 2. The number of halogens is 1. The van der Waals surface area contributed by atoms with Crippen molar-refractivity contribution in [3.8, 4) is 0 Å². The van der Waals surface area contributed by atoms with Crippen molar-refractivity contribution in [2.75, 3.05) is 10.6 Å². The van der Waals surface area contributed by atoms with Crippen LogP contribution in [0.2, 0.25) is 5.02 Å². The van der Waals surface area contributed by atoms with E-state index in [2.05, 4.69) is 20.7 Å². The molecule has 0 radical (unpaired) electrons. The number of amides is 2. The van der Waals surface area contributed by atoms with Gasteiger partial charge in [0.1, 0.15) is 6.33 Å². The van der Waals surface area contributed by atoms with Crippen molar-refractivity contribution in [1.82, 2.24) is 14.8 Å². The highest BCUT2D eigenvalue weighted by Gasteiger charge is 2.29. The molecule has 2 N–H and O–H groups in total. The fourth-order valence-corrected chi connectivity index (χ4v) is 2.33. The highest BCUT2D eigenvalue weighted by molar-refractivity contribution is 6.33. The normalized spacial score (nSPS) is 17.0. The standard InChI is InChI=1S/C13H12ClN5O2/c14-9-3-1-2-4-10(9)17-11(20)5-8-6-19-13(15-7-16-19)18-12(8)21/h1-4,7-8H,5-6H2,(H,17,20)(H,15,16,18,21). The Morgan fingerprint density at radius 3 is 3.10 bits per heavy atom. The first-order valence-electron chi connectivity index (χ1n) is 6.36. The number of hydrogen-bond acceptors (Lipinski definition) is 4. The summed E-state index contributed by atoms with van der Waals surface area (Å²) < 4.78 is 1.56. The minimum atomic E-state index is -0.485. The van der Waals surface area contributed by atoms with Gasteiger partial charge in [-0.15, -0.1) is 0 Å². The number of carbonyl (C=O) groups is 2. The quantitative estimate of drug-likeness (QED) is 0.900. The predicted molar refractivity (Wildman–Crippen MR) is 76.8 cm³/mol. The molecule has 1 aliphatic heterocycles. The molecule has 1 aliphatic rings. The van der Waals surface area contributed by atoms with E-state index in [1.807, 2.05) is 0 Å². The van der Waals surface area contributed by atoms with E-state index in [1.54, 1.807) is 28.9 Å². The van der Waals surface area contributed by atoms with E-state index in [4.69, 9.17) is 11.6 Å². The van der Waals surface area contributed by atoms with Crippen LogP contribution in [0, 0.1) is 5.92 Å². The van der Waals surface area contributed by atoms with Gasteiger partial charge < -0.3 is 5.32 Å². The van der Waals surface area contributed by atoms with E-state index in [0.717, 1.165) is 0 Å². The van der Waals surface area contributed by atoms with Crippen LogP contribution in [0.1, 0.15) is 6.42 Å². The minimum absolute atomic E-state index is 0.0519. The van der Waals surface area contributed by atoms with Crippen LogP contribution in [-0.2, 0) is 16.1 Å². The van der Waals surface area contributed by atoms with Gasteiger partial charge >= 0.3 is 0 Å². The molecule has 1 aromatic heterocycles. The monoisotopic (exact) mass is 305 g/mol. The maximum atomic E-state index is 12.0. The largest absolute Gasteiger partial charge is 0.325 e. The summed E-state index contributed by atoms with van der Waals surface area (Å²) in [7, 11) is 0. The third kappa shape index (κ3) is 2.87. The second-order valence-corrected chi connectivity index (χ2v) is 5.09. The molecule has 0 saturated carbocycles. The van der Waals surface area contributed by atoms with E-state index in [-0.39, 0.29) is 18.2 Å². The van der Waals surface area contributed by atoms with Crippen molar-refractivity contribution >= 4 is 35.1 Å². The van der Waals surface area contributed by atoms with Gasteiger partial charge in [-0.05, 0) is 12.1 Å². The molecule has 0 saturated heterocycles. The summed E-state index contributed by atoms with van der Waals surface area (Å²) >= 11 is 5.98. The average Bonchev–Trinajstić information content (AvgIpc) is 2.89. The number of carbonyl (C=O) groups excluding carboxylic acids is 2. The maximum Gasteiger partial charge on any atom is 0.232 e. The number of aromatic nitrogens is 3. The second-order valence-electron chi connectivity index (χ2n) is 4.68. The Morgan fingerprint density at radius 2 is 2.29 bits per heavy atom. The number of rotatable bonds is 3. The van der Waals surface area contributed by atoms with Crippen LogP contribution in [0.5, 0.6) is 0 Å². The lowest BCUT2D eigenvalue weighted by atomic mass is 10.0. The Hall–Kier alpha value is -2.41. The van der Waals surface area contributed by atoms with Crippen molar-refractivity contribution in [2.45, 2.75) is 13.0 Å². The zero-order valence-electron chi connectivity index (χ0n) is 10.9. The molecule has 8 heteroatoms. The first-order valence-corrected chi connectivity index (χ1v) is 6.74. The summed E-state index contributed by atoms with van der Waals surface area (Å²) in [6.45, 7) is 0.330. The van der Waals surface area contributed by atoms with Crippen molar-refractivity contribution in [3.05, 3.63) is 35.6 Å². The summed E-state index contributed by atoms with van der Waals surface area (Å²) in [6.07, 6.45) is 1.41. The number of fused-ring (bicyclic) bond motifs is 1. The molecule has 2 amide bonds. The van der Waals surface area contributed by atoms with E-state index in [1.165, 1.54) is 6.33 Å². The fraction of sp³-hybridized carbons (Fsp3) is 0.231. The van der Waals surface area contributed by atoms with Crippen LogP contribution in [0.25, 0.3) is 0 Å². The molecule has 1 aromatic carbocycles. The third-order valence-corrected chi connectivity index (χ3v) is 3.52. The van der Waals surface area contributed by atoms with Gasteiger partial charge in [0.2, 0.25) is 17.8 Å². The lowest BCUT2D eigenvalue weighted by molar-refractivity contribution is -0.125. The lowest BCUT2D eigenvalue weighted by Gasteiger charge is -2.21. The van der Waals surface area contributed by atoms with Gasteiger partial charge in [0.15, 0.2) is 0 Å². The maximum absolute atomic E-state index is 12.0. The van der Waals surface area contributed by atoms with Crippen molar-refractivity contribution in [3.63, 3.8) is 0 Å². The number of para-hydroxylation sites is 1. The summed E-state index contributed by atoms with van der Waals surface area (Å²) in [5.74, 6) is -0.582. The zero-order chi connectivity index (χ0) is 14.8. The molecule has 2 heterocycles. The van der Waals surface area contributed by atoms with Crippen LogP contribution >= 0.6 is 11.6 Å². The Kier molecular flexibility index (Phi) is 3.57. The minimum Gasteiger partial charge on any atom is -0.325 e. The molecule has 2 aromatic rings. The number of nitrogens with one attached hydrogen (secondary N) is 2. The highest BCUT2D eigenvalue weighted by atomic mass is 35.5. The molecular formula is C13H12ClN5O2. The van der Waals surface area contributed by atoms with Gasteiger partial charge in [-0.1, -0.05) is 23.7 Å². The molecule has 1 unspecified atom stereocenters. The van der Waals surface area contributed by atoms with E-state index < -0.39 is 5.92 Å². The Bertz CT molecular complexity index is 699. The van der Waals surface area contributed by atoms with Gasteiger partial charge in [0, 0.05) is 6.42 Å². The third-order valence-electron chi connectivity index (χ3n) is 3.19. The van der Waals surface area contributed by atoms with Gasteiger partial charge in [0.25, 0.3) is 0 Å². The van der Waals surface area contributed by atoms with Gasteiger partial charge in [-0.3, -0.25) is 14.9 Å². The first kappa shape index (κ1) is 13.6. The highest BCUT2D eigenvalue weighted by Crippen LogP contribution is 2.22. The molecule has 0 spiro atoms. The van der Waals surface area contributed by atoms with Crippen LogP contribution in [0.4, 0.5) is 11.6 Å². The van der Waals surface area contributed by atoms with E-state index in [9.17, 15) is 9.59 Å². The molecule has 1 atom stereocenters. The molecule has 7 nitrogen and oxygen atoms in total. The second kappa shape index (κ2) is 5.53. The van der Waals surface area contributed by atoms with Crippen molar-refractivity contribution < 1.29 is 9.59 Å². The molecule has 0 fully saturated rings. The molecule has 0 aliphatic carbocycles. The van der Waals surface area contributed by atoms with Gasteiger partial charge in [-0.25, -0.2) is 4.68 Å². The van der Waals surface area contributed by atoms with E-state index in [0.29, 0.717) is 23.2 Å².